The van der Waals surface area contributed by atoms with Crippen molar-refractivity contribution in [3.63, 3.8) is 0 Å². The number of sulfone groups is 1. The molecule has 0 spiro atoms. The zero-order chi connectivity index (χ0) is 19.3. The van der Waals surface area contributed by atoms with Gasteiger partial charge in [0.2, 0.25) is 0 Å². The minimum Gasteiger partial charge on any atom is -0.392 e. The predicted molar refractivity (Wildman–Crippen MR) is 110 cm³/mol. The summed E-state index contributed by atoms with van der Waals surface area (Å²) in [6.07, 6.45) is 14.1. The molecule has 0 amide bonds. The van der Waals surface area contributed by atoms with E-state index in [0.717, 1.165) is 44.9 Å². The fraction of sp³-hybridized carbons (Fsp3) is 1.00. The van der Waals surface area contributed by atoms with E-state index in [1.54, 1.807) is 0 Å². The molecule has 1 N–H and O–H groups in total. The number of hydrogen-bond acceptors (Lipinski definition) is 3. The van der Waals surface area contributed by atoms with Gasteiger partial charge < -0.3 is 5.11 Å². The van der Waals surface area contributed by atoms with Crippen molar-refractivity contribution in [2.45, 2.75) is 109 Å². The van der Waals surface area contributed by atoms with Crippen molar-refractivity contribution in [3.05, 3.63) is 0 Å². The Balaban J connectivity index is 1.64. The van der Waals surface area contributed by atoms with Crippen LogP contribution < -0.4 is 0 Å². The highest BCUT2D eigenvalue weighted by Crippen LogP contribution is 2.66. The molecule has 0 heterocycles. The summed E-state index contributed by atoms with van der Waals surface area (Å²) in [5.74, 6) is 1.46. The molecule has 156 valence electrons. The average molecular weight is 397 g/mol. The zero-order valence-corrected chi connectivity index (χ0v) is 18.3. The van der Waals surface area contributed by atoms with Crippen LogP contribution in [0.25, 0.3) is 0 Å². The van der Waals surface area contributed by atoms with Gasteiger partial charge in [-0.2, -0.15) is 0 Å². The van der Waals surface area contributed by atoms with E-state index in [0.29, 0.717) is 17.8 Å². The lowest BCUT2D eigenvalue weighted by Crippen LogP contribution is -2.49. The van der Waals surface area contributed by atoms with Crippen molar-refractivity contribution in [2.75, 3.05) is 5.75 Å². The first kappa shape index (κ1) is 20.2. The molecule has 2 unspecified atom stereocenters. The minimum atomic E-state index is -3.21. The summed E-state index contributed by atoms with van der Waals surface area (Å²) in [5.41, 5.74) is -0.457. The van der Waals surface area contributed by atoms with Crippen LogP contribution in [0.1, 0.15) is 97.3 Å². The quantitative estimate of drug-likeness (QED) is 0.702. The Morgan fingerprint density at radius 1 is 0.889 bits per heavy atom. The standard InChI is InChI=1S/C23H40O3S/c1-22(2)19-13-14-23(22,20(24)15-19)16-27(25,26)21(17-9-5-3-6-10-17)18-11-7-4-8-12-18/h17-21,24H,3-16H2,1-2H3/t19-,20?,23?/m1/s1. The van der Waals surface area contributed by atoms with Crippen LogP contribution in [-0.2, 0) is 9.84 Å². The highest BCUT2D eigenvalue weighted by Gasteiger charge is 2.65. The van der Waals surface area contributed by atoms with Gasteiger partial charge in [-0.15, -0.1) is 0 Å². The van der Waals surface area contributed by atoms with Crippen molar-refractivity contribution >= 4 is 9.84 Å². The van der Waals surface area contributed by atoms with Crippen LogP contribution in [0.15, 0.2) is 0 Å². The maximum absolute atomic E-state index is 14.0. The van der Waals surface area contributed by atoms with Crippen molar-refractivity contribution < 1.29 is 13.5 Å². The van der Waals surface area contributed by atoms with Crippen LogP contribution in [0.3, 0.4) is 0 Å². The summed E-state index contributed by atoms with van der Waals surface area (Å²) >= 11 is 0. The Kier molecular flexibility index (Phi) is 5.46. The molecule has 0 saturated heterocycles. The predicted octanol–water partition coefficient (Wildman–Crippen LogP) is 5.12. The second kappa shape index (κ2) is 7.31. The van der Waals surface area contributed by atoms with Gasteiger partial charge in [-0.25, -0.2) is 8.42 Å². The van der Waals surface area contributed by atoms with E-state index in [4.69, 9.17) is 0 Å². The molecule has 4 aliphatic rings. The molecule has 0 aromatic rings. The molecule has 4 fully saturated rings. The summed E-state index contributed by atoms with van der Waals surface area (Å²) in [4.78, 5) is 0. The first-order valence-corrected chi connectivity index (χ1v) is 13.4. The first-order chi connectivity index (χ1) is 12.8. The summed E-state index contributed by atoms with van der Waals surface area (Å²) in [6, 6.07) is 0. The normalized spacial score (nSPS) is 37.9. The van der Waals surface area contributed by atoms with Gasteiger partial charge in [-0.05, 0) is 68.1 Å². The lowest BCUT2D eigenvalue weighted by Gasteiger charge is -2.44. The molecule has 27 heavy (non-hydrogen) atoms. The molecule has 4 saturated carbocycles. The summed E-state index contributed by atoms with van der Waals surface area (Å²) in [7, 11) is -3.21. The van der Waals surface area contributed by atoms with E-state index < -0.39 is 21.4 Å². The maximum Gasteiger partial charge on any atom is 0.154 e. The molecule has 2 bridgehead atoms. The zero-order valence-electron chi connectivity index (χ0n) is 17.5. The molecule has 3 nitrogen and oxygen atoms in total. The lowest BCUT2D eigenvalue weighted by atomic mass is 9.70. The third-order valence-corrected chi connectivity index (χ3v) is 12.0. The van der Waals surface area contributed by atoms with Crippen LogP contribution >= 0.6 is 0 Å². The molecule has 0 radical (unpaired) electrons. The third-order valence-electron chi connectivity index (χ3n) is 9.49. The van der Waals surface area contributed by atoms with Gasteiger partial charge >= 0.3 is 0 Å². The van der Waals surface area contributed by atoms with Crippen LogP contribution in [-0.4, -0.2) is 30.6 Å². The SMILES string of the molecule is CC1(C)[C@@H]2CCC1(CS(=O)(=O)C(C1CCCCC1)C1CCCCC1)C(O)C2. The monoisotopic (exact) mass is 396 g/mol. The molecule has 0 aliphatic heterocycles. The van der Waals surface area contributed by atoms with Crippen molar-refractivity contribution in [1.82, 2.24) is 0 Å². The molecule has 4 heteroatoms. The fourth-order valence-corrected chi connectivity index (χ4v) is 11.1. The minimum absolute atomic E-state index is 0.0524. The number of fused-ring (bicyclic) bond motifs is 2. The second-order valence-corrected chi connectivity index (χ2v) is 13.1. The number of aliphatic hydroxyl groups is 1. The fourth-order valence-electron chi connectivity index (χ4n) is 7.73. The van der Waals surface area contributed by atoms with Crippen LogP contribution in [0.4, 0.5) is 0 Å². The number of hydrogen-bond donors (Lipinski definition) is 1. The molecule has 4 aliphatic carbocycles. The van der Waals surface area contributed by atoms with Gasteiger partial charge in [-0.3, -0.25) is 0 Å². The van der Waals surface area contributed by atoms with Crippen molar-refractivity contribution in [1.29, 1.82) is 0 Å². The van der Waals surface area contributed by atoms with E-state index in [2.05, 4.69) is 13.8 Å². The Morgan fingerprint density at radius 2 is 1.41 bits per heavy atom. The highest BCUT2D eigenvalue weighted by atomic mass is 32.2. The Morgan fingerprint density at radius 3 is 1.81 bits per heavy atom. The van der Waals surface area contributed by atoms with Gasteiger partial charge in [0.25, 0.3) is 0 Å². The Hall–Kier alpha value is -0.0900. The van der Waals surface area contributed by atoms with E-state index in [9.17, 15) is 13.5 Å². The number of aliphatic hydroxyl groups excluding tert-OH is 1. The lowest BCUT2D eigenvalue weighted by molar-refractivity contribution is 0.0149. The molecular formula is C23H40O3S. The van der Waals surface area contributed by atoms with E-state index in [-0.39, 0.29) is 16.4 Å². The van der Waals surface area contributed by atoms with Crippen LogP contribution in [0.5, 0.6) is 0 Å². The van der Waals surface area contributed by atoms with Gasteiger partial charge in [0, 0.05) is 5.41 Å². The van der Waals surface area contributed by atoms with Crippen molar-refractivity contribution in [3.8, 4) is 0 Å². The largest absolute Gasteiger partial charge is 0.392 e. The molecule has 4 rings (SSSR count). The van der Waals surface area contributed by atoms with E-state index in [1.807, 2.05) is 0 Å². The Labute approximate surface area is 166 Å². The molecular weight excluding hydrogens is 356 g/mol. The smallest absolute Gasteiger partial charge is 0.154 e. The third kappa shape index (κ3) is 3.31. The molecule has 0 aromatic carbocycles. The van der Waals surface area contributed by atoms with E-state index >= 15 is 0 Å². The summed E-state index contributed by atoms with van der Waals surface area (Å²) in [6.45, 7) is 4.46. The van der Waals surface area contributed by atoms with Crippen LogP contribution in [0.2, 0.25) is 0 Å². The number of rotatable bonds is 5. The van der Waals surface area contributed by atoms with Gasteiger partial charge in [0.1, 0.15) is 0 Å². The Bertz CT molecular complexity index is 610. The van der Waals surface area contributed by atoms with Gasteiger partial charge in [-0.1, -0.05) is 52.4 Å². The first-order valence-electron chi connectivity index (χ1n) is 11.7. The van der Waals surface area contributed by atoms with Gasteiger partial charge in [0.15, 0.2) is 9.84 Å². The summed E-state index contributed by atoms with van der Waals surface area (Å²) < 4.78 is 28.0. The van der Waals surface area contributed by atoms with Gasteiger partial charge in [0.05, 0.1) is 17.1 Å². The highest BCUT2D eigenvalue weighted by molar-refractivity contribution is 7.92. The van der Waals surface area contributed by atoms with Crippen molar-refractivity contribution in [2.24, 2.45) is 28.6 Å². The van der Waals surface area contributed by atoms with E-state index in [1.165, 1.54) is 38.5 Å². The topological polar surface area (TPSA) is 54.4 Å². The second-order valence-electron chi connectivity index (χ2n) is 10.9. The average Bonchev–Trinajstić information content (AvgIpc) is 2.97. The summed E-state index contributed by atoms with van der Waals surface area (Å²) in [5, 5.41) is 10.8. The molecule has 3 atom stereocenters. The maximum atomic E-state index is 14.0. The molecule has 0 aromatic heterocycles. The van der Waals surface area contributed by atoms with Crippen LogP contribution in [0, 0.1) is 28.6 Å².